The second-order valence-corrected chi connectivity index (χ2v) is 5.87. The second-order valence-electron chi connectivity index (χ2n) is 5.87. The number of aromatic nitrogens is 2. The fourth-order valence-electron chi connectivity index (χ4n) is 2.57. The molecule has 0 saturated carbocycles. The Labute approximate surface area is 144 Å². The van der Waals surface area contributed by atoms with Crippen LogP contribution < -0.4 is 11.1 Å². The number of nitrogens with two attached hydrogens (primary N) is 1. The van der Waals surface area contributed by atoms with Gasteiger partial charge >= 0.3 is 6.18 Å². The van der Waals surface area contributed by atoms with Gasteiger partial charge < -0.3 is 11.1 Å². The Morgan fingerprint density at radius 2 is 1.96 bits per heavy atom. The summed E-state index contributed by atoms with van der Waals surface area (Å²) in [5.74, 6) is -0.219. The lowest BCUT2D eigenvalue weighted by molar-refractivity contribution is -0.137. The van der Waals surface area contributed by atoms with Crippen molar-refractivity contribution in [3.05, 3.63) is 42.2 Å². The van der Waals surface area contributed by atoms with Crippen molar-refractivity contribution in [2.24, 2.45) is 11.1 Å². The molecule has 136 valence electrons. The van der Waals surface area contributed by atoms with Gasteiger partial charge in [-0.2, -0.15) is 18.3 Å². The number of rotatable bonds is 6. The van der Waals surface area contributed by atoms with E-state index in [0.29, 0.717) is 18.5 Å². The summed E-state index contributed by atoms with van der Waals surface area (Å²) in [7, 11) is 0. The van der Waals surface area contributed by atoms with Crippen LogP contribution in [0.1, 0.15) is 32.3 Å². The molecular formula is C17H21F3N4O. The lowest BCUT2D eigenvalue weighted by Gasteiger charge is -2.28. The summed E-state index contributed by atoms with van der Waals surface area (Å²) in [6.45, 7) is 4.00. The maximum atomic E-state index is 12.8. The number of hydrogen-bond acceptors (Lipinski definition) is 3. The first-order chi connectivity index (χ1) is 11.8. The zero-order chi connectivity index (χ0) is 18.7. The molecule has 1 amide bonds. The van der Waals surface area contributed by atoms with Gasteiger partial charge in [0, 0.05) is 6.54 Å². The predicted octanol–water partition coefficient (Wildman–Crippen LogP) is 3.59. The molecule has 0 fully saturated rings. The van der Waals surface area contributed by atoms with Gasteiger partial charge in [-0.05, 0) is 31.0 Å². The number of benzene rings is 1. The van der Waals surface area contributed by atoms with Crippen LogP contribution in [0.25, 0.3) is 5.69 Å². The highest BCUT2D eigenvalue weighted by molar-refractivity contribution is 5.95. The highest BCUT2D eigenvalue weighted by Crippen LogP contribution is 2.30. The van der Waals surface area contributed by atoms with Gasteiger partial charge in [-0.3, -0.25) is 4.79 Å². The Hall–Kier alpha value is -2.35. The van der Waals surface area contributed by atoms with Gasteiger partial charge in [0.1, 0.15) is 0 Å². The Kier molecular flexibility index (Phi) is 5.52. The van der Waals surface area contributed by atoms with E-state index in [1.807, 2.05) is 13.8 Å². The highest BCUT2D eigenvalue weighted by atomic mass is 19.4. The molecule has 0 unspecified atom stereocenters. The first-order valence-corrected chi connectivity index (χ1v) is 7.99. The van der Waals surface area contributed by atoms with Gasteiger partial charge in [-0.1, -0.05) is 19.9 Å². The lowest BCUT2D eigenvalue weighted by atomic mass is 9.81. The average molecular weight is 354 g/mol. The summed E-state index contributed by atoms with van der Waals surface area (Å²) in [5, 5.41) is 6.77. The Balaban J connectivity index is 2.22. The topological polar surface area (TPSA) is 72.9 Å². The Morgan fingerprint density at radius 1 is 1.28 bits per heavy atom. The van der Waals surface area contributed by atoms with Crippen LogP contribution in [-0.2, 0) is 11.0 Å². The van der Waals surface area contributed by atoms with E-state index in [-0.39, 0.29) is 18.1 Å². The van der Waals surface area contributed by atoms with Gasteiger partial charge in [-0.25, -0.2) is 4.68 Å². The van der Waals surface area contributed by atoms with E-state index in [1.54, 1.807) is 0 Å². The van der Waals surface area contributed by atoms with Crippen LogP contribution >= 0.6 is 0 Å². The summed E-state index contributed by atoms with van der Waals surface area (Å²) in [6.07, 6.45) is -0.380. The van der Waals surface area contributed by atoms with Crippen LogP contribution in [0.15, 0.2) is 36.7 Å². The fraction of sp³-hybridized carbons (Fsp3) is 0.412. The number of hydrogen-bond donors (Lipinski definition) is 2. The van der Waals surface area contributed by atoms with Crippen molar-refractivity contribution >= 4 is 11.6 Å². The van der Waals surface area contributed by atoms with Crippen LogP contribution in [0.3, 0.4) is 0 Å². The summed E-state index contributed by atoms with van der Waals surface area (Å²) in [4.78, 5) is 12.5. The van der Waals surface area contributed by atoms with Gasteiger partial charge in [-0.15, -0.1) is 0 Å². The standard InChI is InChI=1S/C17H21F3N4O/c1-3-16(4-2,11-21)15(25)23-13-9-22-24(10-13)14-7-5-6-12(8-14)17(18,19)20/h5-10H,3-4,11,21H2,1-2H3,(H,23,25). The monoisotopic (exact) mass is 354 g/mol. The molecule has 3 N–H and O–H groups in total. The molecule has 1 heterocycles. The number of carbonyl (C=O) groups is 1. The van der Waals surface area contributed by atoms with Crippen LogP contribution in [0, 0.1) is 5.41 Å². The molecule has 0 aliphatic carbocycles. The molecule has 0 atom stereocenters. The van der Waals surface area contributed by atoms with Gasteiger partial charge in [0.15, 0.2) is 0 Å². The minimum absolute atomic E-state index is 0.216. The minimum atomic E-state index is -4.43. The molecule has 8 heteroatoms. The summed E-state index contributed by atoms with van der Waals surface area (Å²) >= 11 is 0. The third-order valence-corrected chi connectivity index (χ3v) is 4.50. The number of halogens is 3. The Bertz CT molecular complexity index is 727. The van der Waals surface area contributed by atoms with Crippen molar-refractivity contribution in [1.82, 2.24) is 9.78 Å². The van der Waals surface area contributed by atoms with Crippen LogP contribution in [0.2, 0.25) is 0 Å². The first kappa shape index (κ1) is 19.0. The van der Waals surface area contributed by atoms with Crippen molar-refractivity contribution in [3.63, 3.8) is 0 Å². The minimum Gasteiger partial charge on any atom is -0.329 e. The molecule has 1 aromatic carbocycles. The molecule has 0 bridgehead atoms. The largest absolute Gasteiger partial charge is 0.416 e. The van der Waals surface area contributed by atoms with Crippen LogP contribution in [-0.4, -0.2) is 22.2 Å². The van der Waals surface area contributed by atoms with E-state index in [0.717, 1.165) is 12.1 Å². The van der Waals surface area contributed by atoms with E-state index >= 15 is 0 Å². The van der Waals surface area contributed by atoms with E-state index in [2.05, 4.69) is 10.4 Å². The van der Waals surface area contributed by atoms with Crippen molar-refractivity contribution < 1.29 is 18.0 Å². The zero-order valence-corrected chi connectivity index (χ0v) is 14.1. The van der Waals surface area contributed by atoms with Crippen LogP contribution in [0.4, 0.5) is 18.9 Å². The number of nitrogens with one attached hydrogen (secondary N) is 1. The molecule has 25 heavy (non-hydrogen) atoms. The quantitative estimate of drug-likeness (QED) is 0.832. The molecular weight excluding hydrogens is 333 g/mol. The zero-order valence-electron chi connectivity index (χ0n) is 14.1. The molecule has 0 spiro atoms. The fourth-order valence-corrected chi connectivity index (χ4v) is 2.57. The molecule has 0 aliphatic rings. The second kappa shape index (κ2) is 7.26. The molecule has 0 saturated heterocycles. The van der Waals surface area contributed by atoms with Crippen molar-refractivity contribution in [3.8, 4) is 5.69 Å². The molecule has 2 aromatic rings. The summed E-state index contributed by atoms with van der Waals surface area (Å²) in [5.41, 5.74) is 4.98. The number of alkyl halides is 3. The van der Waals surface area contributed by atoms with Gasteiger partial charge in [0.25, 0.3) is 0 Å². The highest BCUT2D eigenvalue weighted by Gasteiger charge is 2.33. The molecule has 2 rings (SSSR count). The van der Waals surface area contributed by atoms with Crippen LogP contribution in [0.5, 0.6) is 0 Å². The van der Waals surface area contributed by atoms with Gasteiger partial charge in [0.2, 0.25) is 5.91 Å². The normalized spacial score (nSPS) is 12.2. The average Bonchev–Trinajstić information content (AvgIpc) is 3.05. The molecule has 1 aromatic heterocycles. The summed E-state index contributed by atoms with van der Waals surface area (Å²) < 4.78 is 39.7. The third kappa shape index (κ3) is 4.01. The molecule has 0 aliphatic heterocycles. The SMILES string of the molecule is CCC(CC)(CN)C(=O)Nc1cnn(-c2cccc(C(F)(F)F)c2)c1. The molecule has 0 radical (unpaired) electrons. The first-order valence-electron chi connectivity index (χ1n) is 7.99. The number of amides is 1. The van der Waals surface area contributed by atoms with E-state index in [1.165, 1.54) is 29.2 Å². The smallest absolute Gasteiger partial charge is 0.329 e. The summed E-state index contributed by atoms with van der Waals surface area (Å²) in [6, 6.07) is 4.82. The van der Waals surface area contributed by atoms with Crippen molar-refractivity contribution in [2.45, 2.75) is 32.9 Å². The van der Waals surface area contributed by atoms with E-state index in [9.17, 15) is 18.0 Å². The third-order valence-electron chi connectivity index (χ3n) is 4.50. The number of anilines is 1. The number of carbonyl (C=O) groups excluding carboxylic acids is 1. The van der Waals surface area contributed by atoms with Crippen molar-refractivity contribution in [2.75, 3.05) is 11.9 Å². The maximum Gasteiger partial charge on any atom is 0.416 e. The van der Waals surface area contributed by atoms with E-state index < -0.39 is 17.2 Å². The predicted molar refractivity (Wildman–Crippen MR) is 89.3 cm³/mol. The number of nitrogens with zero attached hydrogens (tertiary/aromatic N) is 2. The van der Waals surface area contributed by atoms with Gasteiger partial charge in [0.05, 0.1) is 34.7 Å². The van der Waals surface area contributed by atoms with Crippen molar-refractivity contribution in [1.29, 1.82) is 0 Å². The van der Waals surface area contributed by atoms with E-state index in [4.69, 9.17) is 5.73 Å². The lowest BCUT2D eigenvalue weighted by Crippen LogP contribution is -2.41. The molecule has 5 nitrogen and oxygen atoms in total. The Morgan fingerprint density at radius 3 is 2.52 bits per heavy atom. The maximum absolute atomic E-state index is 12.8.